The molecule has 1 aromatic carbocycles. The number of para-hydroxylation sites is 2. The average Bonchev–Trinajstić information content (AvgIpc) is 2.79. The van der Waals surface area contributed by atoms with E-state index in [4.69, 9.17) is 15.6 Å². The molecule has 0 aliphatic carbocycles. The Bertz CT molecular complexity index is 833. The maximum atomic E-state index is 13.0. The summed E-state index contributed by atoms with van der Waals surface area (Å²) in [5.41, 5.74) is 6.09. The van der Waals surface area contributed by atoms with Crippen molar-refractivity contribution in [1.29, 1.82) is 0 Å². The van der Waals surface area contributed by atoms with Crippen molar-refractivity contribution >= 4 is 35.6 Å². The van der Waals surface area contributed by atoms with Crippen molar-refractivity contribution in [3.63, 3.8) is 0 Å². The van der Waals surface area contributed by atoms with E-state index in [9.17, 15) is 36.3 Å². The molecular weight excluding hydrogens is 435 g/mol. The molecule has 31 heavy (non-hydrogen) atoms. The molecule has 0 bridgehead atoms. The van der Waals surface area contributed by atoms with E-state index in [1.54, 1.807) is 24.3 Å². The summed E-state index contributed by atoms with van der Waals surface area (Å²) in [4.78, 5) is 46.1. The monoisotopic (exact) mass is 454 g/mol. The minimum atomic E-state index is -5.88. The molecular formula is C17H19F5N4O5. The van der Waals surface area contributed by atoms with E-state index in [0.717, 1.165) is 4.90 Å². The summed E-state index contributed by atoms with van der Waals surface area (Å²) < 4.78 is 62.8. The number of rotatable bonds is 5. The van der Waals surface area contributed by atoms with Crippen LogP contribution in [-0.2, 0) is 19.2 Å². The molecule has 1 aliphatic rings. The van der Waals surface area contributed by atoms with Gasteiger partial charge in [-0.3, -0.25) is 19.2 Å². The Morgan fingerprint density at radius 3 is 2.39 bits per heavy atom. The molecule has 1 heterocycles. The van der Waals surface area contributed by atoms with Crippen LogP contribution in [-0.4, -0.2) is 61.5 Å². The van der Waals surface area contributed by atoms with Gasteiger partial charge in [-0.1, -0.05) is 12.1 Å². The normalized spacial score (nSPS) is 17.2. The fourth-order valence-corrected chi connectivity index (χ4v) is 2.77. The summed E-state index contributed by atoms with van der Waals surface area (Å²) in [5.74, 6) is -12.1. The Kier molecular flexibility index (Phi) is 8.29. The Labute approximate surface area is 172 Å². The van der Waals surface area contributed by atoms with Crippen LogP contribution in [0.4, 0.5) is 33.3 Å². The quantitative estimate of drug-likeness (QED) is 0.295. The molecule has 14 heteroatoms. The number of nitrogens with two attached hydrogens (primary N) is 1. The molecule has 0 aromatic heterocycles. The van der Waals surface area contributed by atoms with Crippen molar-refractivity contribution in [1.82, 2.24) is 5.32 Å². The zero-order valence-corrected chi connectivity index (χ0v) is 16.0. The lowest BCUT2D eigenvalue weighted by Crippen LogP contribution is -2.53. The number of nitrogens with one attached hydrogen (secondary N) is 2. The first-order chi connectivity index (χ1) is 14.3. The molecule has 0 radical (unpaired) electrons. The number of hydrogen-bond acceptors (Lipinski definition) is 5. The highest BCUT2D eigenvalue weighted by atomic mass is 19.4. The summed E-state index contributed by atoms with van der Waals surface area (Å²) in [7, 11) is 1.37. The van der Waals surface area contributed by atoms with Gasteiger partial charge in [0, 0.05) is 13.6 Å². The molecule has 2 atom stereocenters. The smallest absolute Gasteiger partial charge is 0.455 e. The van der Waals surface area contributed by atoms with Gasteiger partial charge in [-0.05, 0) is 12.1 Å². The van der Waals surface area contributed by atoms with Gasteiger partial charge in [-0.15, -0.1) is 0 Å². The zero-order valence-electron chi connectivity index (χ0n) is 16.0. The summed E-state index contributed by atoms with van der Waals surface area (Å²) in [5, 5.41) is 11.1. The van der Waals surface area contributed by atoms with E-state index in [0.29, 0.717) is 11.4 Å². The largest absolute Gasteiger partial charge is 0.483 e. The SMILES string of the molecule is CN1C(=O)[C@@H](C(C(N)=O)C(=O)NCC(F)(F)C(F)(F)F)CNc2ccccc21.O=CO. The van der Waals surface area contributed by atoms with Crippen LogP contribution in [0, 0.1) is 11.8 Å². The van der Waals surface area contributed by atoms with E-state index < -0.39 is 48.2 Å². The second-order valence-electron chi connectivity index (χ2n) is 6.31. The number of carbonyl (C=O) groups excluding carboxylic acids is 3. The minimum absolute atomic E-state index is 0.250. The standard InChI is InChI=1S/C16H17F5N4O3.CH2O2/c1-25-10-5-3-2-4-9(10)23-6-8(14(25)28)11(12(22)26)13(27)24-7-15(17,18)16(19,20)21;2-1-3/h2-5,8,11,23H,6-7H2,1H3,(H2,22,26)(H,24,27);1H,(H,2,3)/t8-,11?;/m1./s1. The summed E-state index contributed by atoms with van der Waals surface area (Å²) in [6.45, 7) is -2.58. The summed E-state index contributed by atoms with van der Waals surface area (Å²) >= 11 is 0. The van der Waals surface area contributed by atoms with Crippen molar-refractivity contribution in [2.75, 3.05) is 30.4 Å². The van der Waals surface area contributed by atoms with Crippen LogP contribution in [0.15, 0.2) is 24.3 Å². The number of nitrogens with zero attached hydrogens (tertiary/aromatic N) is 1. The van der Waals surface area contributed by atoms with Gasteiger partial charge in [-0.25, -0.2) is 0 Å². The first kappa shape index (κ1) is 25.6. The fraction of sp³-hybridized carbons (Fsp3) is 0.412. The minimum Gasteiger partial charge on any atom is -0.483 e. The predicted octanol–water partition coefficient (Wildman–Crippen LogP) is 0.807. The van der Waals surface area contributed by atoms with Gasteiger partial charge in [0.25, 0.3) is 6.47 Å². The molecule has 9 nitrogen and oxygen atoms in total. The third-order valence-corrected chi connectivity index (χ3v) is 4.32. The Morgan fingerprint density at radius 2 is 1.87 bits per heavy atom. The van der Waals surface area contributed by atoms with Gasteiger partial charge in [0.15, 0.2) is 0 Å². The lowest BCUT2D eigenvalue weighted by molar-refractivity contribution is -0.278. The molecule has 3 amide bonds. The molecule has 1 aliphatic heterocycles. The van der Waals surface area contributed by atoms with E-state index >= 15 is 0 Å². The molecule has 172 valence electrons. The van der Waals surface area contributed by atoms with Crippen LogP contribution < -0.4 is 21.3 Å². The van der Waals surface area contributed by atoms with Gasteiger partial charge >= 0.3 is 12.1 Å². The number of alkyl halides is 5. The molecule has 1 aromatic rings. The van der Waals surface area contributed by atoms with E-state index in [1.165, 1.54) is 12.4 Å². The average molecular weight is 454 g/mol. The maximum Gasteiger partial charge on any atom is 0.455 e. The number of carboxylic acid groups (broad SMARTS) is 1. The molecule has 1 unspecified atom stereocenters. The van der Waals surface area contributed by atoms with Gasteiger partial charge in [-0.2, -0.15) is 22.0 Å². The Balaban J connectivity index is 0.00000151. The van der Waals surface area contributed by atoms with E-state index in [-0.39, 0.29) is 13.0 Å². The number of fused-ring (bicyclic) bond motifs is 1. The second-order valence-corrected chi connectivity index (χ2v) is 6.31. The molecule has 0 fully saturated rings. The second kappa shape index (κ2) is 10.0. The maximum absolute atomic E-state index is 13.0. The number of halogens is 5. The number of hydrogen-bond donors (Lipinski definition) is 4. The van der Waals surface area contributed by atoms with Gasteiger partial charge in [0.05, 0.1) is 23.8 Å². The number of amides is 3. The third-order valence-electron chi connectivity index (χ3n) is 4.32. The van der Waals surface area contributed by atoms with Crippen molar-refractivity contribution in [3.05, 3.63) is 24.3 Å². The van der Waals surface area contributed by atoms with E-state index in [2.05, 4.69) is 5.32 Å². The number of carbonyl (C=O) groups is 4. The van der Waals surface area contributed by atoms with Crippen molar-refractivity contribution < 1.29 is 46.2 Å². The first-order valence-electron chi connectivity index (χ1n) is 8.48. The Morgan fingerprint density at radius 1 is 1.32 bits per heavy atom. The number of benzene rings is 1. The van der Waals surface area contributed by atoms with Crippen LogP contribution in [0.3, 0.4) is 0 Å². The molecule has 5 N–H and O–H groups in total. The van der Waals surface area contributed by atoms with Crippen LogP contribution >= 0.6 is 0 Å². The van der Waals surface area contributed by atoms with Crippen LogP contribution in [0.1, 0.15) is 0 Å². The fourth-order valence-electron chi connectivity index (χ4n) is 2.77. The number of primary amides is 1. The molecule has 0 saturated heterocycles. The molecule has 2 rings (SSSR count). The molecule has 0 saturated carbocycles. The Hall–Kier alpha value is -3.45. The highest BCUT2D eigenvalue weighted by Gasteiger charge is 2.57. The number of anilines is 2. The van der Waals surface area contributed by atoms with Crippen LogP contribution in [0.25, 0.3) is 0 Å². The summed E-state index contributed by atoms with van der Waals surface area (Å²) in [6.07, 6.45) is -5.88. The van der Waals surface area contributed by atoms with Crippen molar-refractivity contribution in [3.8, 4) is 0 Å². The lowest BCUT2D eigenvalue weighted by Gasteiger charge is -2.26. The van der Waals surface area contributed by atoms with Crippen LogP contribution in [0.2, 0.25) is 0 Å². The lowest BCUT2D eigenvalue weighted by atomic mass is 9.89. The van der Waals surface area contributed by atoms with Crippen molar-refractivity contribution in [2.24, 2.45) is 17.6 Å². The van der Waals surface area contributed by atoms with Gasteiger partial charge in [0.2, 0.25) is 17.7 Å². The predicted molar refractivity (Wildman–Crippen MR) is 97.2 cm³/mol. The zero-order chi connectivity index (χ0) is 24.0. The van der Waals surface area contributed by atoms with Crippen molar-refractivity contribution in [2.45, 2.75) is 12.1 Å². The summed E-state index contributed by atoms with van der Waals surface area (Å²) in [6, 6.07) is 6.53. The molecule has 0 spiro atoms. The third kappa shape index (κ3) is 6.02. The van der Waals surface area contributed by atoms with Crippen LogP contribution in [0.5, 0.6) is 0 Å². The highest BCUT2D eigenvalue weighted by molar-refractivity contribution is 6.08. The topological polar surface area (TPSA) is 142 Å². The van der Waals surface area contributed by atoms with Gasteiger partial charge in [0.1, 0.15) is 5.92 Å². The highest BCUT2D eigenvalue weighted by Crippen LogP contribution is 2.35. The first-order valence-corrected chi connectivity index (χ1v) is 8.48. The van der Waals surface area contributed by atoms with E-state index in [1.807, 2.05) is 0 Å². The van der Waals surface area contributed by atoms with Gasteiger partial charge < -0.3 is 26.4 Å².